The first-order valence-electron chi connectivity index (χ1n) is 6.62. The van der Waals surface area contributed by atoms with Gasteiger partial charge in [0.25, 0.3) is 0 Å². The molecule has 21 heavy (non-hydrogen) atoms. The van der Waals surface area contributed by atoms with E-state index < -0.39 is 24.8 Å². The molecule has 6 nitrogen and oxygen atoms in total. The van der Waals surface area contributed by atoms with Gasteiger partial charge in [-0.3, -0.25) is 4.79 Å². The third-order valence-corrected chi connectivity index (χ3v) is 3.21. The van der Waals surface area contributed by atoms with E-state index in [1.54, 1.807) is 0 Å². The molecule has 1 aromatic rings. The molecule has 0 fully saturated rings. The average Bonchev–Trinajstić information content (AvgIpc) is 2.39. The third kappa shape index (κ3) is 3.33. The summed E-state index contributed by atoms with van der Waals surface area (Å²) in [5.41, 5.74) is -0.0399. The maximum Gasteiger partial charge on any atom is 0.547 e. The Bertz CT molecular complexity index is 580. The number of hydrogen-bond acceptors (Lipinski definition) is 4. The first-order valence-corrected chi connectivity index (χ1v) is 6.62. The van der Waals surface area contributed by atoms with E-state index in [0.29, 0.717) is 18.4 Å². The molecule has 1 aliphatic heterocycles. The highest BCUT2D eigenvalue weighted by Crippen LogP contribution is 2.31. The van der Waals surface area contributed by atoms with Gasteiger partial charge >= 0.3 is 13.1 Å². The predicted octanol–water partition coefficient (Wildman–Crippen LogP) is 0.763. The van der Waals surface area contributed by atoms with Gasteiger partial charge in [0.1, 0.15) is 17.1 Å². The zero-order valence-corrected chi connectivity index (χ0v) is 11.4. The molecule has 1 amide bonds. The second kappa shape index (κ2) is 6.13. The van der Waals surface area contributed by atoms with Crippen molar-refractivity contribution < 1.29 is 28.8 Å². The zero-order chi connectivity index (χ0) is 15.6. The van der Waals surface area contributed by atoms with Crippen LogP contribution in [-0.2, 0) is 11.2 Å². The standard InChI is InChI=1S/C13H15BFNO5/c1-2-3-11(17)16-10-5-7-4-8(15)6-9(13(18)19)12(7)21-14(10)20/h4,6,10,20H,2-3,5H2,1H3,(H,16,17)(H,18,19). The lowest BCUT2D eigenvalue weighted by Gasteiger charge is -2.29. The van der Waals surface area contributed by atoms with Crippen LogP contribution < -0.4 is 9.97 Å². The van der Waals surface area contributed by atoms with Crippen LogP contribution in [0.4, 0.5) is 4.39 Å². The van der Waals surface area contributed by atoms with Gasteiger partial charge in [0.05, 0.1) is 5.94 Å². The van der Waals surface area contributed by atoms with Gasteiger partial charge in [-0.25, -0.2) is 9.18 Å². The molecular formula is C13H15BFNO5. The summed E-state index contributed by atoms with van der Waals surface area (Å²) in [7, 11) is -1.37. The fourth-order valence-electron chi connectivity index (χ4n) is 2.27. The number of amides is 1. The lowest BCUT2D eigenvalue weighted by molar-refractivity contribution is -0.121. The summed E-state index contributed by atoms with van der Waals surface area (Å²) in [4.78, 5) is 22.6. The van der Waals surface area contributed by atoms with E-state index in [9.17, 15) is 19.0 Å². The lowest BCUT2D eigenvalue weighted by Crippen LogP contribution is -2.53. The largest absolute Gasteiger partial charge is 0.547 e. The molecule has 1 aromatic carbocycles. The molecule has 8 heteroatoms. The Hall–Kier alpha value is -2.09. The van der Waals surface area contributed by atoms with Gasteiger partial charge < -0.3 is 20.1 Å². The quantitative estimate of drug-likeness (QED) is 0.713. The summed E-state index contributed by atoms with van der Waals surface area (Å²) in [6.45, 7) is 1.84. The summed E-state index contributed by atoms with van der Waals surface area (Å²) in [6.07, 6.45) is 1.06. The molecule has 0 spiro atoms. The second-order valence-corrected chi connectivity index (χ2v) is 4.88. The van der Waals surface area contributed by atoms with Gasteiger partial charge in [-0.15, -0.1) is 0 Å². The molecule has 0 radical (unpaired) electrons. The molecule has 0 saturated carbocycles. The first-order chi connectivity index (χ1) is 9.92. The van der Waals surface area contributed by atoms with E-state index >= 15 is 0 Å². The average molecular weight is 295 g/mol. The number of nitrogens with one attached hydrogen (secondary N) is 1. The van der Waals surface area contributed by atoms with Crippen LogP contribution in [0.25, 0.3) is 0 Å². The van der Waals surface area contributed by atoms with Gasteiger partial charge in [-0.05, 0) is 30.5 Å². The van der Waals surface area contributed by atoms with Crippen LogP contribution in [0.5, 0.6) is 5.75 Å². The van der Waals surface area contributed by atoms with E-state index in [2.05, 4.69) is 5.32 Å². The van der Waals surface area contributed by atoms with Crippen LogP contribution in [0.1, 0.15) is 35.7 Å². The topological polar surface area (TPSA) is 95.9 Å². The maximum absolute atomic E-state index is 13.5. The van der Waals surface area contributed by atoms with Gasteiger partial charge in [-0.2, -0.15) is 0 Å². The minimum Gasteiger partial charge on any atom is -0.534 e. The van der Waals surface area contributed by atoms with Crippen molar-refractivity contribution in [2.75, 3.05) is 0 Å². The van der Waals surface area contributed by atoms with Gasteiger partial charge in [-0.1, -0.05) is 6.92 Å². The van der Waals surface area contributed by atoms with Crippen LogP contribution >= 0.6 is 0 Å². The van der Waals surface area contributed by atoms with E-state index in [1.165, 1.54) is 0 Å². The summed E-state index contributed by atoms with van der Waals surface area (Å²) in [5, 5.41) is 21.5. The minimum absolute atomic E-state index is 0.0580. The highest BCUT2D eigenvalue weighted by molar-refractivity contribution is 6.47. The molecule has 0 bridgehead atoms. The van der Waals surface area contributed by atoms with Gasteiger partial charge in [0.2, 0.25) is 5.91 Å². The number of benzene rings is 1. The van der Waals surface area contributed by atoms with Crippen molar-refractivity contribution >= 4 is 19.0 Å². The van der Waals surface area contributed by atoms with Crippen molar-refractivity contribution in [1.29, 1.82) is 0 Å². The van der Waals surface area contributed by atoms with Crippen molar-refractivity contribution in [2.45, 2.75) is 32.1 Å². The van der Waals surface area contributed by atoms with Crippen LogP contribution in [0.15, 0.2) is 12.1 Å². The third-order valence-electron chi connectivity index (χ3n) is 3.21. The van der Waals surface area contributed by atoms with Crippen LogP contribution in [0.2, 0.25) is 0 Å². The van der Waals surface area contributed by atoms with E-state index in [-0.39, 0.29) is 23.6 Å². The van der Waals surface area contributed by atoms with Crippen molar-refractivity contribution in [2.24, 2.45) is 0 Å². The van der Waals surface area contributed by atoms with E-state index in [1.807, 2.05) is 6.92 Å². The lowest BCUT2D eigenvalue weighted by atomic mass is 9.72. The Morgan fingerprint density at radius 3 is 2.86 bits per heavy atom. The molecular weight excluding hydrogens is 280 g/mol. The molecule has 0 aliphatic carbocycles. The summed E-state index contributed by atoms with van der Waals surface area (Å²) < 4.78 is 18.6. The van der Waals surface area contributed by atoms with Crippen molar-refractivity contribution in [1.82, 2.24) is 5.32 Å². The fraction of sp³-hybridized carbons (Fsp3) is 0.385. The number of fused-ring (bicyclic) bond motifs is 1. The van der Waals surface area contributed by atoms with Crippen LogP contribution in [0, 0.1) is 5.82 Å². The fourth-order valence-corrected chi connectivity index (χ4v) is 2.27. The molecule has 0 saturated heterocycles. The number of halogens is 1. The molecule has 1 aliphatic rings. The minimum atomic E-state index is -1.37. The van der Waals surface area contributed by atoms with Gasteiger partial charge in [0.15, 0.2) is 0 Å². The summed E-state index contributed by atoms with van der Waals surface area (Å²) in [5.74, 6) is -3.09. The number of rotatable bonds is 4. The Balaban J connectivity index is 2.26. The van der Waals surface area contributed by atoms with Crippen molar-refractivity contribution in [3.8, 4) is 5.75 Å². The highest BCUT2D eigenvalue weighted by Gasteiger charge is 2.38. The van der Waals surface area contributed by atoms with Crippen LogP contribution in [0.3, 0.4) is 0 Å². The molecule has 2 rings (SSSR count). The number of carboxylic acids is 1. The molecule has 112 valence electrons. The summed E-state index contributed by atoms with van der Waals surface area (Å²) >= 11 is 0. The first kappa shape index (κ1) is 15.3. The SMILES string of the molecule is CCCC(=O)NC1Cc2cc(F)cc(C(=O)O)c2OB1O. The second-order valence-electron chi connectivity index (χ2n) is 4.88. The van der Waals surface area contributed by atoms with E-state index in [4.69, 9.17) is 9.76 Å². The number of carbonyl (C=O) groups excluding carboxylic acids is 1. The van der Waals surface area contributed by atoms with E-state index in [0.717, 1.165) is 12.1 Å². The van der Waals surface area contributed by atoms with Crippen molar-refractivity contribution in [3.63, 3.8) is 0 Å². The molecule has 1 atom stereocenters. The predicted molar refractivity (Wildman–Crippen MR) is 72.5 cm³/mol. The Morgan fingerprint density at radius 1 is 1.52 bits per heavy atom. The summed E-state index contributed by atoms with van der Waals surface area (Å²) in [6, 6.07) is 1.98. The number of carboxylic acid groups (broad SMARTS) is 1. The maximum atomic E-state index is 13.5. The zero-order valence-electron chi connectivity index (χ0n) is 11.4. The Kier molecular flexibility index (Phi) is 4.47. The van der Waals surface area contributed by atoms with Crippen molar-refractivity contribution in [3.05, 3.63) is 29.1 Å². The van der Waals surface area contributed by atoms with Gasteiger partial charge in [0, 0.05) is 6.42 Å². The molecule has 0 aromatic heterocycles. The number of aromatic carboxylic acids is 1. The highest BCUT2D eigenvalue weighted by atomic mass is 19.1. The smallest absolute Gasteiger partial charge is 0.534 e. The molecule has 1 heterocycles. The number of carbonyl (C=O) groups is 2. The normalized spacial score (nSPS) is 16.9. The molecule has 1 unspecified atom stereocenters. The van der Waals surface area contributed by atoms with Crippen LogP contribution in [-0.4, -0.2) is 35.1 Å². The Morgan fingerprint density at radius 2 is 2.24 bits per heavy atom. The number of hydrogen-bond donors (Lipinski definition) is 3. The molecule has 3 N–H and O–H groups in total. The monoisotopic (exact) mass is 295 g/mol. The Labute approximate surface area is 121 Å².